The van der Waals surface area contributed by atoms with Crippen molar-refractivity contribution in [2.24, 2.45) is 0 Å². The second-order valence-corrected chi connectivity index (χ2v) is 4.43. The van der Waals surface area contributed by atoms with Gasteiger partial charge in [-0.2, -0.15) is 5.26 Å². The molecule has 1 heterocycles. The number of nitrogens with one attached hydrogen (secondary N) is 1. The Morgan fingerprint density at radius 3 is 3.00 bits per heavy atom. The van der Waals surface area contributed by atoms with Crippen molar-refractivity contribution < 1.29 is 0 Å². The average molecular weight is 215 g/mol. The summed E-state index contributed by atoms with van der Waals surface area (Å²) in [5.74, 6) is 0. The van der Waals surface area contributed by atoms with Gasteiger partial charge in [-0.15, -0.1) is 0 Å². The molecule has 1 N–H and O–H groups in total. The number of piperazine rings is 1. The van der Waals surface area contributed by atoms with Crippen molar-refractivity contribution in [1.29, 1.82) is 5.26 Å². The molecule has 0 amide bonds. The molecule has 1 atom stereocenters. The number of rotatable bonds is 1. The smallest absolute Gasteiger partial charge is 0.101 e. The highest BCUT2D eigenvalue weighted by Crippen LogP contribution is 2.22. The van der Waals surface area contributed by atoms with Gasteiger partial charge in [0.2, 0.25) is 0 Å². The standard InChI is InChI=1S/C13H17N3/c1-10-3-4-13(12(7-10)8-14)16-6-5-15-11(2)9-16/h3-4,7,11,15H,5-6,9H2,1-2H3/t11-/m1/s1. The summed E-state index contributed by atoms with van der Waals surface area (Å²) in [6.45, 7) is 7.12. The van der Waals surface area contributed by atoms with Crippen molar-refractivity contribution in [3.05, 3.63) is 29.3 Å². The molecule has 0 aromatic heterocycles. The van der Waals surface area contributed by atoms with E-state index < -0.39 is 0 Å². The Morgan fingerprint density at radius 2 is 2.31 bits per heavy atom. The highest BCUT2D eigenvalue weighted by atomic mass is 15.2. The van der Waals surface area contributed by atoms with Crippen molar-refractivity contribution in [2.75, 3.05) is 24.5 Å². The second kappa shape index (κ2) is 4.54. The van der Waals surface area contributed by atoms with Crippen LogP contribution in [0.5, 0.6) is 0 Å². The Morgan fingerprint density at radius 1 is 1.50 bits per heavy atom. The van der Waals surface area contributed by atoms with Gasteiger partial charge in [0.15, 0.2) is 0 Å². The van der Waals surface area contributed by atoms with E-state index in [4.69, 9.17) is 5.26 Å². The van der Waals surface area contributed by atoms with E-state index in [2.05, 4.69) is 35.3 Å². The first-order valence-corrected chi connectivity index (χ1v) is 5.70. The van der Waals surface area contributed by atoms with Crippen LogP contribution in [0.2, 0.25) is 0 Å². The molecule has 2 rings (SSSR count). The normalized spacial score (nSPS) is 20.6. The third kappa shape index (κ3) is 2.17. The molecule has 16 heavy (non-hydrogen) atoms. The lowest BCUT2D eigenvalue weighted by molar-refractivity contribution is 0.484. The van der Waals surface area contributed by atoms with Crippen LogP contribution in [0.3, 0.4) is 0 Å². The first-order chi connectivity index (χ1) is 7.70. The molecule has 0 unspecified atom stereocenters. The van der Waals surface area contributed by atoms with Gasteiger partial charge in [0.1, 0.15) is 6.07 Å². The summed E-state index contributed by atoms with van der Waals surface area (Å²) in [5, 5.41) is 12.6. The molecule has 1 fully saturated rings. The van der Waals surface area contributed by atoms with Crippen molar-refractivity contribution in [3.8, 4) is 6.07 Å². The highest BCUT2D eigenvalue weighted by molar-refractivity contribution is 5.60. The quantitative estimate of drug-likeness (QED) is 0.774. The number of anilines is 1. The minimum Gasteiger partial charge on any atom is -0.368 e. The summed E-state index contributed by atoms with van der Waals surface area (Å²) in [6.07, 6.45) is 0. The number of aryl methyl sites for hydroxylation is 1. The number of nitriles is 1. The van der Waals surface area contributed by atoms with Crippen LogP contribution < -0.4 is 10.2 Å². The number of hydrogen-bond donors (Lipinski definition) is 1. The maximum absolute atomic E-state index is 9.15. The van der Waals surface area contributed by atoms with Gasteiger partial charge in [-0.1, -0.05) is 6.07 Å². The van der Waals surface area contributed by atoms with Crippen LogP contribution in [-0.2, 0) is 0 Å². The molecule has 3 heteroatoms. The predicted octanol–water partition coefficient (Wildman–Crippen LogP) is 1.66. The Labute approximate surface area is 96.7 Å². The fraction of sp³-hybridized carbons (Fsp3) is 0.462. The number of hydrogen-bond acceptors (Lipinski definition) is 3. The third-order valence-corrected chi connectivity index (χ3v) is 2.98. The van der Waals surface area contributed by atoms with Gasteiger partial charge in [0.05, 0.1) is 11.3 Å². The third-order valence-electron chi connectivity index (χ3n) is 2.98. The van der Waals surface area contributed by atoms with E-state index >= 15 is 0 Å². The Kier molecular flexibility index (Phi) is 3.12. The average Bonchev–Trinajstić information content (AvgIpc) is 2.28. The monoisotopic (exact) mass is 215 g/mol. The summed E-state index contributed by atoms with van der Waals surface area (Å²) in [7, 11) is 0. The second-order valence-electron chi connectivity index (χ2n) is 4.43. The van der Waals surface area contributed by atoms with Gasteiger partial charge in [0, 0.05) is 25.7 Å². The zero-order valence-corrected chi connectivity index (χ0v) is 9.83. The highest BCUT2D eigenvalue weighted by Gasteiger charge is 2.18. The maximum Gasteiger partial charge on any atom is 0.101 e. The van der Waals surface area contributed by atoms with Crippen LogP contribution in [0.25, 0.3) is 0 Å². The largest absolute Gasteiger partial charge is 0.368 e. The first kappa shape index (κ1) is 11.0. The SMILES string of the molecule is Cc1ccc(N2CCN[C@H](C)C2)c(C#N)c1. The molecule has 0 aliphatic carbocycles. The fourth-order valence-corrected chi connectivity index (χ4v) is 2.17. The van der Waals surface area contributed by atoms with E-state index in [0.717, 1.165) is 36.4 Å². The lowest BCUT2D eigenvalue weighted by Gasteiger charge is -2.34. The molecule has 84 valence electrons. The Balaban J connectivity index is 2.29. The van der Waals surface area contributed by atoms with Crippen molar-refractivity contribution in [1.82, 2.24) is 5.32 Å². The zero-order chi connectivity index (χ0) is 11.5. The number of nitrogens with zero attached hydrogens (tertiary/aromatic N) is 2. The van der Waals surface area contributed by atoms with Gasteiger partial charge in [-0.25, -0.2) is 0 Å². The zero-order valence-electron chi connectivity index (χ0n) is 9.83. The van der Waals surface area contributed by atoms with Gasteiger partial charge in [-0.05, 0) is 31.5 Å². The topological polar surface area (TPSA) is 39.1 Å². The van der Waals surface area contributed by atoms with E-state index in [1.54, 1.807) is 0 Å². The van der Waals surface area contributed by atoms with Crippen LogP contribution in [-0.4, -0.2) is 25.7 Å². The Hall–Kier alpha value is -1.53. The molecule has 1 aromatic rings. The molecule has 1 aliphatic heterocycles. The first-order valence-electron chi connectivity index (χ1n) is 5.70. The molecule has 3 nitrogen and oxygen atoms in total. The molecular formula is C13H17N3. The lowest BCUT2D eigenvalue weighted by Crippen LogP contribution is -2.49. The van der Waals surface area contributed by atoms with Crippen molar-refractivity contribution in [3.63, 3.8) is 0 Å². The van der Waals surface area contributed by atoms with E-state index in [1.165, 1.54) is 0 Å². The number of benzene rings is 1. The van der Waals surface area contributed by atoms with Crippen LogP contribution in [0.15, 0.2) is 18.2 Å². The molecule has 1 aliphatic rings. The van der Waals surface area contributed by atoms with Gasteiger partial charge < -0.3 is 10.2 Å². The Bertz CT molecular complexity index is 420. The van der Waals surface area contributed by atoms with E-state index in [1.807, 2.05) is 13.0 Å². The molecule has 1 aromatic carbocycles. The molecule has 0 saturated carbocycles. The van der Waals surface area contributed by atoms with Gasteiger partial charge in [-0.3, -0.25) is 0 Å². The summed E-state index contributed by atoms with van der Waals surface area (Å²) in [5.41, 5.74) is 3.00. The summed E-state index contributed by atoms with van der Waals surface area (Å²) in [6, 6.07) is 8.87. The van der Waals surface area contributed by atoms with Crippen molar-refractivity contribution in [2.45, 2.75) is 19.9 Å². The van der Waals surface area contributed by atoms with Crippen LogP contribution in [0.1, 0.15) is 18.1 Å². The summed E-state index contributed by atoms with van der Waals surface area (Å²) >= 11 is 0. The predicted molar refractivity (Wildman–Crippen MR) is 65.6 cm³/mol. The van der Waals surface area contributed by atoms with Crippen LogP contribution in [0.4, 0.5) is 5.69 Å². The minimum atomic E-state index is 0.488. The van der Waals surface area contributed by atoms with E-state index in [-0.39, 0.29) is 0 Å². The molecule has 0 bridgehead atoms. The van der Waals surface area contributed by atoms with Crippen LogP contribution in [0, 0.1) is 18.3 Å². The van der Waals surface area contributed by atoms with Gasteiger partial charge >= 0.3 is 0 Å². The van der Waals surface area contributed by atoms with Gasteiger partial charge in [0.25, 0.3) is 0 Å². The fourth-order valence-electron chi connectivity index (χ4n) is 2.17. The maximum atomic E-state index is 9.15. The summed E-state index contributed by atoms with van der Waals surface area (Å²) < 4.78 is 0. The van der Waals surface area contributed by atoms with E-state index in [9.17, 15) is 0 Å². The molecule has 0 spiro atoms. The van der Waals surface area contributed by atoms with Crippen LogP contribution >= 0.6 is 0 Å². The van der Waals surface area contributed by atoms with Crippen molar-refractivity contribution >= 4 is 5.69 Å². The van der Waals surface area contributed by atoms with E-state index in [0.29, 0.717) is 6.04 Å². The summed E-state index contributed by atoms with van der Waals surface area (Å²) in [4.78, 5) is 2.29. The molecular weight excluding hydrogens is 198 g/mol. The molecule has 0 radical (unpaired) electrons. The molecule has 1 saturated heterocycles. The lowest BCUT2D eigenvalue weighted by atomic mass is 10.1. The minimum absolute atomic E-state index is 0.488.